The summed E-state index contributed by atoms with van der Waals surface area (Å²) >= 11 is 1.35. The number of hydrogen-bond donors (Lipinski definition) is 1. The van der Waals surface area contributed by atoms with Crippen molar-refractivity contribution in [1.29, 1.82) is 0 Å². The SMILES string of the molecule is COC(=O)c1ccc(NC(=O)CSc2nccnc2N2CCN(c3ccccc3OC)CC2)cc1. The molecule has 35 heavy (non-hydrogen) atoms. The topological polar surface area (TPSA) is 96.9 Å². The first-order valence-electron chi connectivity index (χ1n) is 11.1. The van der Waals surface area contributed by atoms with Crippen LogP contribution in [-0.4, -0.2) is 68.0 Å². The van der Waals surface area contributed by atoms with Crippen LogP contribution in [0.4, 0.5) is 17.2 Å². The van der Waals surface area contributed by atoms with E-state index < -0.39 is 5.97 Å². The summed E-state index contributed by atoms with van der Waals surface area (Å²) in [7, 11) is 3.02. The van der Waals surface area contributed by atoms with Gasteiger partial charge in [-0.05, 0) is 36.4 Å². The molecule has 1 aliphatic rings. The molecule has 0 aliphatic carbocycles. The molecule has 9 nitrogen and oxygen atoms in total. The third kappa shape index (κ3) is 6.02. The Balaban J connectivity index is 1.34. The first-order valence-corrected chi connectivity index (χ1v) is 12.1. The molecule has 0 saturated carbocycles. The van der Waals surface area contributed by atoms with Crippen molar-refractivity contribution in [2.75, 3.05) is 61.3 Å². The molecule has 1 saturated heterocycles. The maximum absolute atomic E-state index is 12.5. The van der Waals surface area contributed by atoms with E-state index in [9.17, 15) is 9.59 Å². The summed E-state index contributed by atoms with van der Waals surface area (Å²) < 4.78 is 10.2. The van der Waals surface area contributed by atoms with Gasteiger partial charge >= 0.3 is 5.97 Å². The van der Waals surface area contributed by atoms with Crippen LogP contribution in [0.15, 0.2) is 66.0 Å². The fraction of sp³-hybridized carbons (Fsp3) is 0.280. The van der Waals surface area contributed by atoms with E-state index in [4.69, 9.17) is 4.74 Å². The van der Waals surface area contributed by atoms with E-state index in [2.05, 4.69) is 35.9 Å². The predicted octanol–water partition coefficient (Wildman–Crippen LogP) is 3.33. The highest BCUT2D eigenvalue weighted by atomic mass is 32.2. The summed E-state index contributed by atoms with van der Waals surface area (Å²) in [6.07, 6.45) is 3.31. The lowest BCUT2D eigenvalue weighted by atomic mass is 10.2. The van der Waals surface area contributed by atoms with Gasteiger partial charge in [-0.15, -0.1) is 0 Å². The van der Waals surface area contributed by atoms with Crippen molar-refractivity contribution in [1.82, 2.24) is 9.97 Å². The normalized spacial score (nSPS) is 13.3. The number of thioether (sulfide) groups is 1. The van der Waals surface area contributed by atoms with Gasteiger partial charge in [0.25, 0.3) is 0 Å². The van der Waals surface area contributed by atoms with Gasteiger partial charge in [0.15, 0.2) is 5.82 Å². The number of benzene rings is 2. The van der Waals surface area contributed by atoms with Crippen molar-refractivity contribution in [2.24, 2.45) is 0 Å². The van der Waals surface area contributed by atoms with Crippen molar-refractivity contribution in [3.8, 4) is 5.75 Å². The number of aromatic nitrogens is 2. The Morgan fingerprint density at radius 1 is 0.943 bits per heavy atom. The van der Waals surface area contributed by atoms with Gasteiger partial charge in [0.1, 0.15) is 10.8 Å². The zero-order valence-electron chi connectivity index (χ0n) is 19.6. The number of piperazine rings is 1. The Labute approximate surface area is 208 Å². The predicted molar refractivity (Wildman–Crippen MR) is 137 cm³/mol. The zero-order valence-corrected chi connectivity index (χ0v) is 20.5. The number of hydrogen-bond acceptors (Lipinski definition) is 9. The number of ether oxygens (including phenoxy) is 2. The maximum atomic E-state index is 12.5. The molecule has 0 unspecified atom stereocenters. The lowest BCUT2D eigenvalue weighted by Gasteiger charge is -2.37. The Bertz CT molecular complexity index is 1170. The zero-order chi connectivity index (χ0) is 24.6. The minimum absolute atomic E-state index is 0.168. The molecule has 2 aromatic carbocycles. The van der Waals surface area contributed by atoms with E-state index in [1.807, 2.05) is 18.2 Å². The average molecular weight is 494 g/mol. The van der Waals surface area contributed by atoms with Crippen LogP contribution in [0.5, 0.6) is 5.75 Å². The molecule has 4 rings (SSSR count). The molecule has 182 valence electrons. The lowest BCUT2D eigenvalue weighted by Crippen LogP contribution is -2.47. The summed E-state index contributed by atoms with van der Waals surface area (Å²) in [4.78, 5) is 37.6. The second-order valence-corrected chi connectivity index (χ2v) is 8.70. The molecule has 1 aliphatic heterocycles. The van der Waals surface area contributed by atoms with Crippen LogP contribution in [0.2, 0.25) is 0 Å². The average Bonchev–Trinajstić information content (AvgIpc) is 2.92. The molecule has 0 radical (unpaired) electrons. The second-order valence-electron chi connectivity index (χ2n) is 7.74. The third-order valence-corrected chi connectivity index (χ3v) is 6.55. The highest BCUT2D eigenvalue weighted by Gasteiger charge is 2.23. The standard InChI is InChI=1S/C25H27N5O4S/c1-33-21-6-4-3-5-20(21)29-13-15-30(16-14-29)23-24(27-12-11-26-23)35-17-22(31)28-19-9-7-18(8-10-19)25(32)34-2/h3-12H,13-17H2,1-2H3,(H,28,31). The number of anilines is 3. The van der Waals surface area contributed by atoms with Crippen molar-refractivity contribution in [2.45, 2.75) is 5.03 Å². The van der Waals surface area contributed by atoms with Crippen LogP contribution in [0, 0.1) is 0 Å². The van der Waals surface area contributed by atoms with Crippen molar-refractivity contribution < 1.29 is 19.1 Å². The minimum atomic E-state index is -0.419. The van der Waals surface area contributed by atoms with Gasteiger partial charge in [-0.1, -0.05) is 23.9 Å². The van der Waals surface area contributed by atoms with Crippen LogP contribution >= 0.6 is 11.8 Å². The number of amides is 1. The van der Waals surface area contributed by atoms with E-state index in [0.717, 1.165) is 48.5 Å². The van der Waals surface area contributed by atoms with Crippen LogP contribution in [0.1, 0.15) is 10.4 Å². The Hall–Kier alpha value is -3.79. The number of methoxy groups -OCH3 is 2. The summed E-state index contributed by atoms with van der Waals surface area (Å²) in [6, 6.07) is 14.6. The summed E-state index contributed by atoms with van der Waals surface area (Å²) in [6.45, 7) is 3.21. The molecule has 2 heterocycles. The largest absolute Gasteiger partial charge is 0.495 e. The number of nitrogens with one attached hydrogen (secondary N) is 1. The van der Waals surface area contributed by atoms with E-state index >= 15 is 0 Å². The smallest absolute Gasteiger partial charge is 0.337 e. The van der Waals surface area contributed by atoms with Crippen LogP contribution < -0.4 is 19.9 Å². The number of nitrogens with zero attached hydrogens (tertiary/aromatic N) is 4. The number of carbonyl (C=O) groups excluding carboxylic acids is 2. The van der Waals surface area contributed by atoms with Crippen LogP contribution in [-0.2, 0) is 9.53 Å². The van der Waals surface area contributed by atoms with E-state index in [0.29, 0.717) is 11.3 Å². The first-order chi connectivity index (χ1) is 17.1. The van der Waals surface area contributed by atoms with Crippen LogP contribution in [0.3, 0.4) is 0 Å². The van der Waals surface area contributed by atoms with Crippen LogP contribution in [0.25, 0.3) is 0 Å². The van der Waals surface area contributed by atoms with E-state index in [-0.39, 0.29) is 11.7 Å². The number of carbonyl (C=O) groups is 2. The molecular weight excluding hydrogens is 466 g/mol. The fourth-order valence-electron chi connectivity index (χ4n) is 3.83. The molecule has 10 heteroatoms. The van der Waals surface area contributed by atoms with Gasteiger partial charge in [-0.25, -0.2) is 14.8 Å². The van der Waals surface area contributed by atoms with Gasteiger partial charge in [-0.3, -0.25) is 4.79 Å². The molecule has 0 bridgehead atoms. The summed E-state index contributed by atoms with van der Waals surface area (Å²) in [5.41, 5.74) is 2.12. The molecule has 1 fully saturated rings. The molecule has 3 aromatic rings. The Morgan fingerprint density at radius 2 is 1.63 bits per heavy atom. The van der Waals surface area contributed by atoms with Gasteiger partial charge in [0.05, 0.1) is 31.2 Å². The van der Waals surface area contributed by atoms with Crippen molar-refractivity contribution in [3.05, 3.63) is 66.5 Å². The van der Waals surface area contributed by atoms with E-state index in [1.54, 1.807) is 43.8 Å². The van der Waals surface area contributed by atoms with Gasteiger partial charge in [0, 0.05) is 44.3 Å². The fourth-order valence-corrected chi connectivity index (χ4v) is 4.61. The molecule has 1 aromatic heterocycles. The Kier molecular flexibility index (Phi) is 8.04. The van der Waals surface area contributed by atoms with Crippen molar-refractivity contribution in [3.63, 3.8) is 0 Å². The monoisotopic (exact) mass is 493 g/mol. The molecule has 1 amide bonds. The number of para-hydroxylation sites is 2. The second kappa shape index (κ2) is 11.6. The highest BCUT2D eigenvalue weighted by Crippen LogP contribution is 2.31. The van der Waals surface area contributed by atoms with Gasteiger partial charge in [0.2, 0.25) is 5.91 Å². The quantitative estimate of drug-likeness (QED) is 0.374. The molecule has 1 N–H and O–H groups in total. The number of rotatable bonds is 8. The van der Waals surface area contributed by atoms with Crippen molar-refractivity contribution >= 4 is 40.8 Å². The van der Waals surface area contributed by atoms with Gasteiger partial charge in [-0.2, -0.15) is 0 Å². The maximum Gasteiger partial charge on any atom is 0.337 e. The minimum Gasteiger partial charge on any atom is -0.495 e. The van der Waals surface area contributed by atoms with E-state index in [1.165, 1.54) is 18.9 Å². The third-order valence-electron chi connectivity index (χ3n) is 5.58. The summed E-state index contributed by atoms with van der Waals surface area (Å²) in [5, 5.41) is 3.55. The lowest BCUT2D eigenvalue weighted by molar-refractivity contribution is -0.113. The summed E-state index contributed by atoms with van der Waals surface area (Å²) in [5.74, 6) is 1.25. The first kappa shape index (κ1) is 24.3. The molecular formula is C25H27N5O4S. The molecule has 0 spiro atoms. The van der Waals surface area contributed by atoms with Gasteiger partial charge < -0.3 is 24.6 Å². The number of esters is 1. The Morgan fingerprint density at radius 3 is 2.34 bits per heavy atom. The highest BCUT2D eigenvalue weighted by molar-refractivity contribution is 8.00. The molecule has 0 atom stereocenters.